The fourth-order valence-electron chi connectivity index (χ4n) is 1.22. The number of amides is 1. The summed E-state index contributed by atoms with van der Waals surface area (Å²) >= 11 is 0. The third-order valence-corrected chi connectivity index (χ3v) is 1.87. The summed E-state index contributed by atoms with van der Waals surface area (Å²) in [6.45, 7) is 1.36. The summed E-state index contributed by atoms with van der Waals surface area (Å²) in [6, 6.07) is 0.244. The molecule has 0 aromatic heterocycles. The molecule has 1 aliphatic rings. The summed E-state index contributed by atoms with van der Waals surface area (Å²) in [5.41, 5.74) is 0. The molecule has 5 heteroatoms. The van der Waals surface area contributed by atoms with E-state index in [0.29, 0.717) is 6.54 Å². The Morgan fingerprint density at radius 2 is 2.33 bits per heavy atom. The van der Waals surface area contributed by atoms with Crippen LogP contribution in [0.2, 0.25) is 0 Å². The molecular weight excluding hydrogens is 160 g/mol. The Morgan fingerprint density at radius 1 is 1.58 bits per heavy atom. The Kier molecular flexibility index (Phi) is 3.04. The fraction of sp³-hybridized carbons (Fsp3) is 0.714. The summed E-state index contributed by atoms with van der Waals surface area (Å²) in [4.78, 5) is 20.6. The van der Waals surface area contributed by atoms with Crippen molar-refractivity contribution in [1.29, 1.82) is 0 Å². The van der Waals surface area contributed by atoms with Crippen LogP contribution in [0.4, 0.5) is 0 Å². The predicted molar refractivity (Wildman–Crippen MR) is 41.7 cm³/mol. The molecular formula is C7H12N2O3. The van der Waals surface area contributed by atoms with E-state index in [-0.39, 0.29) is 6.04 Å². The lowest BCUT2D eigenvalue weighted by Gasteiger charge is -2.09. The van der Waals surface area contributed by atoms with Crippen molar-refractivity contribution in [2.75, 3.05) is 13.1 Å². The zero-order valence-electron chi connectivity index (χ0n) is 6.67. The highest BCUT2D eigenvalue weighted by Crippen LogP contribution is 2.02. The minimum Gasteiger partial charge on any atom is -0.474 e. The van der Waals surface area contributed by atoms with Crippen molar-refractivity contribution in [1.82, 2.24) is 10.6 Å². The second-order valence-electron chi connectivity index (χ2n) is 2.81. The van der Waals surface area contributed by atoms with Crippen molar-refractivity contribution >= 4 is 11.9 Å². The quantitative estimate of drug-likeness (QED) is 0.464. The Bertz CT molecular complexity index is 187. The average molecular weight is 172 g/mol. The van der Waals surface area contributed by atoms with Crippen molar-refractivity contribution < 1.29 is 14.7 Å². The van der Waals surface area contributed by atoms with Gasteiger partial charge in [0.25, 0.3) is 0 Å². The van der Waals surface area contributed by atoms with Gasteiger partial charge in [0.05, 0.1) is 0 Å². The second-order valence-corrected chi connectivity index (χ2v) is 2.81. The lowest BCUT2D eigenvalue weighted by Crippen LogP contribution is -2.40. The summed E-state index contributed by atoms with van der Waals surface area (Å²) in [5.74, 6) is -2.35. The highest BCUT2D eigenvalue weighted by atomic mass is 16.4. The molecule has 0 saturated carbocycles. The minimum absolute atomic E-state index is 0.244. The van der Waals surface area contributed by atoms with Crippen LogP contribution >= 0.6 is 0 Å². The van der Waals surface area contributed by atoms with Crippen molar-refractivity contribution in [3.05, 3.63) is 0 Å². The molecule has 1 rings (SSSR count). The number of hydrogen-bond donors (Lipinski definition) is 3. The number of rotatable bonds is 2. The number of nitrogens with one attached hydrogen (secondary N) is 2. The maximum absolute atomic E-state index is 10.6. The molecule has 0 aromatic rings. The van der Waals surface area contributed by atoms with Gasteiger partial charge in [-0.2, -0.15) is 0 Å². The van der Waals surface area contributed by atoms with E-state index in [9.17, 15) is 9.59 Å². The van der Waals surface area contributed by atoms with E-state index in [1.165, 1.54) is 0 Å². The standard InChI is InChI=1S/C7H12N2O3/c10-6(7(11)12)9-4-5-2-1-3-8-5/h5,8H,1-4H2,(H,9,10)(H,11,12). The van der Waals surface area contributed by atoms with E-state index in [2.05, 4.69) is 10.6 Å². The van der Waals surface area contributed by atoms with Gasteiger partial charge in [-0.25, -0.2) is 4.79 Å². The molecule has 0 spiro atoms. The van der Waals surface area contributed by atoms with Gasteiger partial charge in [0.2, 0.25) is 0 Å². The van der Waals surface area contributed by atoms with Crippen molar-refractivity contribution in [2.24, 2.45) is 0 Å². The van der Waals surface area contributed by atoms with Crippen LogP contribution in [-0.4, -0.2) is 36.1 Å². The van der Waals surface area contributed by atoms with Crippen LogP contribution in [0.1, 0.15) is 12.8 Å². The van der Waals surface area contributed by atoms with Crippen molar-refractivity contribution in [3.8, 4) is 0 Å². The third-order valence-electron chi connectivity index (χ3n) is 1.87. The van der Waals surface area contributed by atoms with E-state index >= 15 is 0 Å². The van der Waals surface area contributed by atoms with E-state index < -0.39 is 11.9 Å². The molecule has 5 nitrogen and oxygen atoms in total. The summed E-state index contributed by atoms with van der Waals surface area (Å²) < 4.78 is 0. The molecule has 3 N–H and O–H groups in total. The molecule has 12 heavy (non-hydrogen) atoms. The minimum atomic E-state index is -1.42. The Morgan fingerprint density at radius 3 is 2.83 bits per heavy atom. The smallest absolute Gasteiger partial charge is 0.394 e. The number of carboxylic acid groups (broad SMARTS) is 1. The van der Waals surface area contributed by atoms with Gasteiger partial charge in [-0.05, 0) is 19.4 Å². The lowest BCUT2D eigenvalue weighted by molar-refractivity contribution is -0.150. The summed E-state index contributed by atoms with van der Waals surface area (Å²) in [5, 5.41) is 13.7. The topological polar surface area (TPSA) is 78.4 Å². The van der Waals surface area contributed by atoms with Gasteiger partial charge in [0.1, 0.15) is 0 Å². The maximum atomic E-state index is 10.6. The average Bonchev–Trinajstić information content (AvgIpc) is 2.51. The molecule has 1 unspecified atom stereocenters. The molecule has 1 fully saturated rings. The zero-order chi connectivity index (χ0) is 8.97. The molecule has 0 aromatic carbocycles. The van der Waals surface area contributed by atoms with Gasteiger partial charge < -0.3 is 15.7 Å². The molecule has 1 amide bonds. The van der Waals surface area contributed by atoms with Gasteiger partial charge in [-0.15, -0.1) is 0 Å². The van der Waals surface area contributed by atoms with Gasteiger partial charge in [-0.1, -0.05) is 0 Å². The third kappa shape index (κ3) is 2.50. The Labute approximate surface area is 70.1 Å². The van der Waals surface area contributed by atoms with Crippen LogP contribution < -0.4 is 10.6 Å². The van der Waals surface area contributed by atoms with Crippen LogP contribution in [0, 0.1) is 0 Å². The number of hydrogen-bond acceptors (Lipinski definition) is 3. The van der Waals surface area contributed by atoms with E-state index in [0.717, 1.165) is 19.4 Å². The Balaban J connectivity index is 2.16. The maximum Gasteiger partial charge on any atom is 0.394 e. The van der Waals surface area contributed by atoms with E-state index in [1.54, 1.807) is 0 Å². The van der Waals surface area contributed by atoms with Crippen molar-refractivity contribution in [3.63, 3.8) is 0 Å². The van der Waals surface area contributed by atoms with Crippen molar-refractivity contribution in [2.45, 2.75) is 18.9 Å². The monoisotopic (exact) mass is 172 g/mol. The normalized spacial score (nSPS) is 22.2. The first-order chi connectivity index (χ1) is 5.70. The molecule has 1 heterocycles. The van der Waals surface area contributed by atoms with Gasteiger partial charge >= 0.3 is 11.9 Å². The first-order valence-corrected chi connectivity index (χ1v) is 3.94. The van der Waals surface area contributed by atoms with Crippen LogP contribution in [0.5, 0.6) is 0 Å². The molecule has 0 aliphatic carbocycles. The highest BCUT2D eigenvalue weighted by Gasteiger charge is 2.16. The lowest BCUT2D eigenvalue weighted by atomic mass is 10.2. The fourth-order valence-corrected chi connectivity index (χ4v) is 1.22. The number of carbonyl (C=O) groups is 2. The summed E-state index contributed by atoms with van der Waals surface area (Å²) in [7, 11) is 0. The molecule has 68 valence electrons. The Hall–Kier alpha value is -1.10. The van der Waals surface area contributed by atoms with E-state index in [1.807, 2.05) is 0 Å². The van der Waals surface area contributed by atoms with Crippen LogP contribution in [-0.2, 0) is 9.59 Å². The van der Waals surface area contributed by atoms with Gasteiger partial charge in [0.15, 0.2) is 0 Å². The molecule has 1 saturated heterocycles. The molecule has 1 aliphatic heterocycles. The highest BCUT2D eigenvalue weighted by molar-refractivity contribution is 6.31. The SMILES string of the molecule is O=C(O)C(=O)NCC1CCCN1. The van der Waals surface area contributed by atoms with Crippen LogP contribution in [0.25, 0.3) is 0 Å². The van der Waals surface area contributed by atoms with Crippen LogP contribution in [0.3, 0.4) is 0 Å². The van der Waals surface area contributed by atoms with Gasteiger partial charge in [-0.3, -0.25) is 4.79 Å². The van der Waals surface area contributed by atoms with E-state index in [4.69, 9.17) is 5.11 Å². The largest absolute Gasteiger partial charge is 0.474 e. The van der Waals surface area contributed by atoms with Crippen LogP contribution in [0.15, 0.2) is 0 Å². The number of carboxylic acids is 1. The number of aliphatic carboxylic acids is 1. The predicted octanol–water partition coefficient (Wildman–Crippen LogP) is -1.06. The first kappa shape index (κ1) is 8.99. The first-order valence-electron chi connectivity index (χ1n) is 3.94. The number of carbonyl (C=O) groups excluding carboxylic acids is 1. The molecule has 1 atom stereocenters. The van der Waals surface area contributed by atoms with Gasteiger partial charge in [0, 0.05) is 12.6 Å². The molecule has 0 radical (unpaired) electrons. The summed E-state index contributed by atoms with van der Waals surface area (Å²) in [6.07, 6.45) is 2.09. The molecule has 0 bridgehead atoms. The zero-order valence-corrected chi connectivity index (χ0v) is 6.67. The second kappa shape index (κ2) is 4.06.